The SMILES string of the molecule is CN=C(NC1CCN(C2CCCC2)C1)NC1CC1c1cccc(Cl)c1. The summed E-state index contributed by atoms with van der Waals surface area (Å²) in [4.78, 5) is 7.13. The predicted octanol–water partition coefficient (Wildman–Crippen LogP) is 3.38. The molecule has 1 aromatic carbocycles. The van der Waals surface area contributed by atoms with Crippen molar-refractivity contribution in [3.05, 3.63) is 34.9 Å². The topological polar surface area (TPSA) is 39.7 Å². The van der Waals surface area contributed by atoms with Gasteiger partial charge in [-0.1, -0.05) is 36.6 Å². The second-order valence-corrected chi connectivity index (χ2v) is 8.22. The molecule has 4 rings (SSSR count). The second kappa shape index (κ2) is 7.55. The highest BCUT2D eigenvalue weighted by Crippen LogP contribution is 2.41. The molecule has 25 heavy (non-hydrogen) atoms. The van der Waals surface area contributed by atoms with Crippen molar-refractivity contribution in [2.24, 2.45) is 4.99 Å². The normalized spacial score (nSPS) is 30.6. The Bertz CT molecular complexity index is 626. The van der Waals surface area contributed by atoms with Gasteiger partial charge in [-0.2, -0.15) is 0 Å². The van der Waals surface area contributed by atoms with E-state index in [-0.39, 0.29) is 0 Å². The van der Waals surface area contributed by atoms with Crippen molar-refractivity contribution in [3.8, 4) is 0 Å². The van der Waals surface area contributed by atoms with Crippen LogP contribution in [0.15, 0.2) is 29.3 Å². The fourth-order valence-corrected chi connectivity index (χ4v) is 4.70. The number of guanidine groups is 1. The third kappa shape index (κ3) is 4.12. The summed E-state index contributed by atoms with van der Waals surface area (Å²) >= 11 is 6.12. The molecule has 0 amide bonds. The maximum Gasteiger partial charge on any atom is 0.191 e. The lowest BCUT2D eigenvalue weighted by Crippen LogP contribution is -2.46. The molecule has 1 aromatic rings. The summed E-state index contributed by atoms with van der Waals surface area (Å²) in [7, 11) is 1.87. The number of benzene rings is 1. The Morgan fingerprint density at radius 3 is 2.80 bits per heavy atom. The van der Waals surface area contributed by atoms with Gasteiger partial charge in [0.05, 0.1) is 0 Å². The molecule has 2 aliphatic carbocycles. The summed E-state index contributed by atoms with van der Waals surface area (Å²) in [6.07, 6.45) is 7.98. The molecule has 0 bridgehead atoms. The quantitative estimate of drug-likeness (QED) is 0.638. The standard InChI is InChI=1S/C20H29ClN4/c1-22-20(23-16-9-10-25(13-16)17-7-2-3-8-17)24-19-12-18(19)14-5-4-6-15(21)11-14/h4-6,11,16-19H,2-3,7-10,12-13H2,1H3,(H2,22,23,24). The van der Waals surface area contributed by atoms with Gasteiger partial charge in [0.2, 0.25) is 0 Å². The lowest BCUT2D eigenvalue weighted by Gasteiger charge is -2.24. The maximum atomic E-state index is 6.12. The molecule has 3 atom stereocenters. The highest BCUT2D eigenvalue weighted by molar-refractivity contribution is 6.30. The zero-order chi connectivity index (χ0) is 17.2. The second-order valence-electron chi connectivity index (χ2n) is 7.78. The van der Waals surface area contributed by atoms with Crippen LogP contribution in [0, 0.1) is 0 Å². The molecule has 0 radical (unpaired) electrons. The molecule has 2 saturated carbocycles. The van der Waals surface area contributed by atoms with Gasteiger partial charge in [-0.3, -0.25) is 9.89 Å². The van der Waals surface area contributed by atoms with Crippen molar-refractivity contribution < 1.29 is 0 Å². The maximum absolute atomic E-state index is 6.12. The van der Waals surface area contributed by atoms with Crippen LogP contribution in [0.5, 0.6) is 0 Å². The Morgan fingerprint density at radius 2 is 2.04 bits per heavy atom. The van der Waals surface area contributed by atoms with Crippen LogP contribution >= 0.6 is 11.6 Å². The van der Waals surface area contributed by atoms with Crippen molar-refractivity contribution >= 4 is 17.6 Å². The van der Waals surface area contributed by atoms with Crippen LogP contribution in [0.4, 0.5) is 0 Å². The molecular weight excluding hydrogens is 332 g/mol. The molecule has 0 aromatic heterocycles. The van der Waals surface area contributed by atoms with E-state index in [2.05, 4.69) is 32.7 Å². The third-order valence-electron chi connectivity index (χ3n) is 6.01. The van der Waals surface area contributed by atoms with Crippen LogP contribution in [-0.4, -0.2) is 49.1 Å². The van der Waals surface area contributed by atoms with E-state index in [0.717, 1.165) is 30.0 Å². The van der Waals surface area contributed by atoms with Crippen LogP contribution in [-0.2, 0) is 0 Å². The van der Waals surface area contributed by atoms with E-state index in [1.54, 1.807) is 0 Å². The van der Waals surface area contributed by atoms with Gasteiger partial charge in [-0.05, 0) is 43.4 Å². The summed E-state index contributed by atoms with van der Waals surface area (Å²) in [6, 6.07) is 10.1. The van der Waals surface area contributed by atoms with Crippen LogP contribution in [0.1, 0.15) is 50.0 Å². The zero-order valence-corrected chi connectivity index (χ0v) is 15.8. The average molecular weight is 361 g/mol. The number of hydrogen-bond acceptors (Lipinski definition) is 2. The number of rotatable bonds is 4. The minimum atomic E-state index is 0.469. The first-order valence-electron chi connectivity index (χ1n) is 9.72. The Kier molecular flexibility index (Phi) is 5.18. The van der Waals surface area contributed by atoms with Gasteiger partial charge in [-0.25, -0.2) is 0 Å². The summed E-state index contributed by atoms with van der Waals surface area (Å²) in [5.74, 6) is 1.50. The predicted molar refractivity (Wildman–Crippen MR) is 104 cm³/mol. The van der Waals surface area contributed by atoms with Crippen molar-refractivity contribution in [3.63, 3.8) is 0 Å². The lowest BCUT2D eigenvalue weighted by molar-refractivity contribution is 0.242. The monoisotopic (exact) mass is 360 g/mol. The van der Waals surface area contributed by atoms with Crippen molar-refractivity contribution in [2.45, 2.75) is 62.6 Å². The lowest BCUT2D eigenvalue weighted by atomic mass is 10.1. The van der Waals surface area contributed by atoms with Crippen molar-refractivity contribution in [2.75, 3.05) is 20.1 Å². The number of aliphatic imine (C=N–C) groups is 1. The number of hydrogen-bond donors (Lipinski definition) is 2. The fraction of sp³-hybridized carbons (Fsp3) is 0.650. The molecule has 1 saturated heterocycles. The van der Waals surface area contributed by atoms with Gasteiger partial charge in [0.15, 0.2) is 5.96 Å². The van der Waals surface area contributed by atoms with Crippen LogP contribution in [0.3, 0.4) is 0 Å². The van der Waals surface area contributed by atoms with Crippen LogP contribution in [0.25, 0.3) is 0 Å². The van der Waals surface area contributed by atoms with E-state index in [9.17, 15) is 0 Å². The van der Waals surface area contributed by atoms with E-state index in [1.807, 2.05) is 19.2 Å². The number of nitrogens with zero attached hydrogens (tertiary/aromatic N) is 2. The largest absolute Gasteiger partial charge is 0.353 e. The Morgan fingerprint density at radius 1 is 1.20 bits per heavy atom. The number of likely N-dealkylation sites (tertiary alicyclic amines) is 1. The van der Waals surface area contributed by atoms with Crippen LogP contribution in [0.2, 0.25) is 5.02 Å². The summed E-state index contributed by atoms with van der Waals surface area (Å²) < 4.78 is 0. The molecule has 136 valence electrons. The van der Waals surface area contributed by atoms with Gasteiger partial charge >= 0.3 is 0 Å². The van der Waals surface area contributed by atoms with Crippen molar-refractivity contribution in [1.82, 2.24) is 15.5 Å². The first-order valence-corrected chi connectivity index (χ1v) is 10.1. The molecule has 3 unspecified atom stereocenters. The molecule has 3 aliphatic rings. The van der Waals surface area contributed by atoms with Gasteiger partial charge in [0.25, 0.3) is 0 Å². The van der Waals surface area contributed by atoms with Gasteiger partial charge < -0.3 is 10.6 Å². The first-order chi connectivity index (χ1) is 12.2. The molecule has 4 nitrogen and oxygen atoms in total. The average Bonchev–Trinajstić information content (AvgIpc) is 3.01. The summed E-state index contributed by atoms with van der Waals surface area (Å²) in [6.45, 7) is 2.39. The summed E-state index contributed by atoms with van der Waals surface area (Å²) in [5, 5.41) is 8.06. The van der Waals surface area contributed by atoms with E-state index in [1.165, 1.54) is 44.2 Å². The molecule has 3 fully saturated rings. The molecule has 1 heterocycles. The smallest absolute Gasteiger partial charge is 0.191 e. The van der Waals surface area contributed by atoms with E-state index >= 15 is 0 Å². The van der Waals surface area contributed by atoms with Gasteiger partial charge in [0, 0.05) is 49.2 Å². The fourth-order valence-electron chi connectivity index (χ4n) is 4.51. The molecule has 2 N–H and O–H groups in total. The van der Waals surface area contributed by atoms with E-state index in [0.29, 0.717) is 18.0 Å². The first kappa shape index (κ1) is 17.2. The highest BCUT2D eigenvalue weighted by atomic mass is 35.5. The Balaban J connectivity index is 1.26. The Hall–Kier alpha value is -1.26. The van der Waals surface area contributed by atoms with Crippen LogP contribution < -0.4 is 10.6 Å². The van der Waals surface area contributed by atoms with Crippen molar-refractivity contribution in [1.29, 1.82) is 0 Å². The molecular formula is C20H29ClN4. The summed E-state index contributed by atoms with van der Waals surface area (Å²) in [5.41, 5.74) is 1.33. The Labute approximate surface area is 156 Å². The number of nitrogens with one attached hydrogen (secondary N) is 2. The molecule has 5 heteroatoms. The molecule has 0 spiro atoms. The van der Waals surface area contributed by atoms with Gasteiger partial charge in [-0.15, -0.1) is 0 Å². The highest BCUT2D eigenvalue weighted by Gasteiger charge is 2.39. The third-order valence-corrected chi connectivity index (χ3v) is 6.25. The zero-order valence-electron chi connectivity index (χ0n) is 15.0. The van der Waals surface area contributed by atoms with E-state index < -0.39 is 0 Å². The van der Waals surface area contributed by atoms with E-state index in [4.69, 9.17) is 11.6 Å². The number of halogens is 1. The molecule has 1 aliphatic heterocycles. The minimum absolute atomic E-state index is 0.469. The van der Waals surface area contributed by atoms with Gasteiger partial charge in [0.1, 0.15) is 0 Å². The minimum Gasteiger partial charge on any atom is -0.353 e.